The third-order valence-corrected chi connectivity index (χ3v) is 7.49. The molecule has 1 aromatic rings. The largest absolute Gasteiger partial charge is 0.453 e. The summed E-state index contributed by atoms with van der Waals surface area (Å²) >= 11 is 1.80. The Balaban J connectivity index is 1.37. The van der Waals surface area contributed by atoms with E-state index in [1.54, 1.807) is 11.8 Å². The first-order chi connectivity index (χ1) is 14.4. The molecule has 2 amide bonds. The number of cyclic esters (lactones) is 1. The standard InChI is InChI=1S/C20H21F2N3O4S/c1-28-18(26)23-8-12-9-24(19(27)29-12)11-6-14(21)17(15(22)7-11)25-16-3-2-13(16)20(25)4-5-30-10-20/h2,6-7,12,16H,3-5,8-10H2,1H3,(H,23,26)/t12-,16?,20?/m0/s1. The van der Waals surface area contributed by atoms with E-state index in [1.165, 1.54) is 29.7 Å². The molecule has 0 aromatic heterocycles. The van der Waals surface area contributed by atoms with Crippen LogP contribution in [0.2, 0.25) is 0 Å². The van der Waals surface area contributed by atoms with Crippen molar-refractivity contribution in [1.29, 1.82) is 0 Å². The first kappa shape index (κ1) is 19.5. The number of alkyl carbamates (subject to hydrolysis) is 1. The van der Waals surface area contributed by atoms with Crippen molar-refractivity contribution in [3.63, 3.8) is 0 Å². The Morgan fingerprint density at radius 1 is 1.40 bits per heavy atom. The molecule has 5 rings (SSSR count). The van der Waals surface area contributed by atoms with Gasteiger partial charge in [0.05, 0.1) is 37.5 Å². The van der Waals surface area contributed by atoms with Gasteiger partial charge in [-0.25, -0.2) is 18.4 Å². The first-order valence-electron chi connectivity index (χ1n) is 9.81. The first-order valence-corrected chi connectivity index (χ1v) is 11.0. The third-order valence-electron chi connectivity index (χ3n) is 6.32. The summed E-state index contributed by atoms with van der Waals surface area (Å²) in [5.74, 6) is 0.443. The lowest BCUT2D eigenvalue weighted by atomic mass is 9.64. The van der Waals surface area contributed by atoms with E-state index in [0.29, 0.717) is 0 Å². The van der Waals surface area contributed by atoms with E-state index < -0.39 is 29.9 Å². The normalized spacial score (nSPS) is 29.2. The van der Waals surface area contributed by atoms with Crippen LogP contribution in [0.3, 0.4) is 0 Å². The van der Waals surface area contributed by atoms with Crippen molar-refractivity contribution in [3.8, 4) is 0 Å². The van der Waals surface area contributed by atoms with Gasteiger partial charge in [-0.1, -0.05) is 6.08 Å². The van der Waals surface area contributed by atoms with E-state index in [-0.39, 0.29) is 36.0 Å². The number of carbonyl (C=O) groups is 2. The zero-order valence-electron chi connectivity index (χ0n) is 16.3. The van der Waals surface area contributed by atoms with Gasteiger partial charge in [0.1, 0.15) is 11.8 Å². The number of hydrogen-bond acceptors (Lipinski definition) is 6. The second-order valence-corrected chi connectivity index (χ2v) is 8.97. The number of nitrogens with zero attached hydrogens (tertiary/aromatic N) is 2. The molecule has 10 heteroatoms. The SMILES string of the molecule is COC(=O)NC[C@H]1CN(c2cc(F)c(N3C4CC=C4C34CCSC4)c(F)c2)C(=O)O1. The topological polar surface area (TPSA) is 71.1 Å². The van der Waals surface area contributed by atoms with Gasteiger partial charge in [-0.2, -0.15) is 11.8 Å². The molecule has 1 spiro atoms. The zero-order chi connectivity index (χ0) is 21.0. The number of benzene rings is 1. The molecule has 7 nitrogen and oxygen atoms in total. The van der Waals surface area contributed by atoms with Gasteiger partial charge >= 0.3 is 12.2 Å². The number of carbonyl (C=O) groups excluding carboxylic acids is 2. The van der Waals surface area contributed by atoms with Gasteiger partial charge in [-0.15, -0.1) is 0 Å². The van der Waals surface area contributed by atoms with Crippen LogP contribution in [0.5, 0.6) is 0 Å². The van der Waals surface area contributed by atoms with Gasteiger partial charge in [0.2, 0.25) is 0 Å². The molecule has 3 fully saturated rings. The number of nitrogens with one attached hydrogen (secondary N) is 1. The molecule has 30 heavy (non-hydrogen) atoms. The Morgan fingerprint density at radius 3 is 2.77 bits per heavy atom. The number of fused-ring (bicyclic) bond motifs is 2. The lowest BCUT2D eigenvalue weighted by Gasteiger charge is -2.64. The quantitative estimate of drug-likeness (QED) is 0.731. The van der Waals surface area contributed by atoms with Crippen molar-refractivity contribution in [2.24, 2.45) is 0 Å². The highest BCUT2D eigenvalue weighted by Gasteiger charge is 2.61. The van der Waals surface area contributed by atoms with Crippen molar-refractivity contribution in [3.05, 3.63) is 35.4 Å². The molecule has 3 saturated heterocycles. The highest BCUT2D eigenvalue weighted by atomic mass is 32.2. The van der Waals surface area contributed by atoms with Crippen molar-refractivity contribution >= 4 is 35.3 Å². The van der Waals surface area contributed by atoms with Gasteiger partial charge in [-0.3, -0.25) is 4.90 Å². The molecule has 0 bridgehead atoms. The smallest absolute Gasteiger partial charge is 0.414 e. The molecule has 160 valence electrons. The minimum atomic E-state index is -0.713. The Hall–Kier alpha value is -2.49. The number of ether oxygens (including phenoxy) is 2. The molecule has 0 radical (unpaired) electrons. The number of anilines is 2. The number of methoxy groups -OCH3 is 1. The number of hydrogen-bond donors (Lipinski definition) is 1. The number of thioether (sulfide) groups is 1. The van der Waals surface area contributed by atoms with Crippen molar-refractivity contribution in [2.45, 2.75) is 30.5 Å². The highest BCUT2D eigenvalue weighted by Crippen LogP contribution is 2.58. The lowest BCUT2D eigenvalue weighted by molar-refractivity contribution is 0.132. The number of halogens is 2. The van der Waals surface area contributed by atoms with Gasteiger partial charge in [-0.05, 0) is 24.2 Å². The highest BCUT2D eigenvalue weighted by molar-refractivity contribution is 7.99. The maximum Gasteiger partial charge on any atom is 0.414 e. The maximum atomic E-state index is 15.2. The zero-order valence-corrected chi connectivity index (χ0v) is 17.1. The molecule has 1 aromatic carbocycles. The van der Waals surface area contributed by atoms with E-state index in [4.69, 9.17) is 4.74 Å². The summed E-state index contributed by atoms with van der Waals surface area (Å²) in [6, 6.07) is 2.45. The average molecular weight is 437 g/mol. The summed E-state index contributed by atoms with van der Waals surface area (Å²) in [6.07, 6.45) is 1.86. The Morgan fingerprint density at radius 2 is 2.17 bits per heavy atom. The second kappa shape index (κ2) is 7.04. The van der Waals surface area contributed by atoms with E-state index in [1.807, 2.05) is 4.90 Å². The van der Waals surface area contributed by atoms with E-state index in [0.717, 1.165) is 24.3 Å². The summed E-state index contributed by atoms with van der Waals surface area (Å²) in [6.45, 7) is 0.115. The fourth-order valence-electron chi connectivity index (χ4n) is 4.84. The van der Waals surface area contributed by atoms with Crippen LogP contribution >= 0.6 is 11.8 Å². The van der Waals surface area contributed by atoms with Crippen LogP contribution in [0, 0.1) is 11.6 Å². The fraction of sp³-hybridized carbons (Fsp3) is 0.500. The summed E-state index contributed by atoms with van der Waals surface area (Å²) in [5.41, 5.74) is 1.12. The van der Waals surface area contributed by atoms with Crippen LogP contribution in [0.4, 0.5) is 29.7 Å². The minimum absolute atomic E-state index is 0.0143. The molecule has 1 aliphatic carbocycles. The molecule has 3 aliphatic heterocycles. The fourth-order valence-corrected chi connectivity index (χ4v) is 6.26. The molecule has 1 N–H and O–H groups in total. The number of amides is 2. The van der Waals surface area contributed by atoms with Gasteiger partial charge < -0.3 is 19.7 Å². The van der Waals surface area contributed by atoms with Gasteiger partial charge in [0.15, 0.2) is 11.6 Å². The van der Waals surface area contributed by atoms with Gasteiger partial charge in [0.25, 0.3) is 0 Å². The molecule has 3 atom stereocenters. The maximum absolute atomic E-state index is 15.2. The Kier molecular flexibility index (Phi) is 4.57. The summed E-state index contributed by atoms with van der Waals surface area (Å²) in [7, 11) is 1.23. The molecular weight excluding hydrogens is 416 g/mol. The summed E-state index contributed by atoms with van der Waals surface area (Å²) < 4.78 is 40.0. The molecule has 2 unspecified atom stereocenters. The minimum Gasteiger partial charge on any atom is -0.453 e. The van der Waals surface area contributed by atoms with Crippen molar-refractivity contribution in [1.82, 2.24) is 5.32 Å². The van der Waals surface area contributed by atoms with Crippen LogP contribution in [0.1, 0.15) is 12.8 Å². The predicted octanol–water partition coefficient (Wildman–Crippen LogP) is 3.04. The second-order valence-electron chi connectivity index (χ2n) is 7.86. The van der Waals surface area contributed by atoms with Crippen LogP contribution in [0.15, 0.2) is 23.8 Å². The molecule has 4 aliphatic rings. The van der Waals surface area contributed by atoms with Crippen LogP contribution in [-0.2, 0) is 9.47 Å². The van der Waals surface area contributed by atoms with E-state index >= 15 is 8.78 Å². The monoisotopic (exact) mass is 437 g/mol. The van der Waals surface area contributed by atoms with Crippen molar-refractivity contribution in [2.75, 3.05) is 41.5 Å². The molecular formula is C20H21F2N3O4S. The van der Waals surface area contributed by atoms with Crippen LogP contribution in [-0.4, -0.2) is 61.6 Å². The summed E-state index contributed by atoms with van der Waals surface area (Å²) in [5, 5.41) is 2.44. The summed E-state index contributed by atoms with van der Waals surface area (Å²) in [4.78, 5) is 26.5. The number of rotatable bonds is 4. The van der Waals surface area contributed by atoms with Crippen molar-refractivity contribution < 1.29 is 27.8 Å². The lowest BCUT2D eigenvalue weighted by Crippen LogP contribution is -2.72. The Bertz CT molecular complexity index is 927. The third kappa shape index (κ3) is 2.76. The average Bonchev–Trinajstić information content (AvgIpc) is 3.32. The van der Waals surface area contributed by atoms with E-state index in [9.17, 15) is 9.59 Å². The van der Waals surface area contributed by atoms with Crippen LogP contribution in [0.25, 0.3) is 0 Å². The van der Waals surface area contributed by atoms with Crippen LogP contribution < -0.4 is 15.1 Å². The predicted molar refractivity (Wildman–Crippen MR) is 108 cm³/mol. The Labute approximate surface area is 176 Å². The van der Waals surface area contributed by atoms with Gasteiger partial charge in [0, 0.05) is 17.9 Å². The van der Waals surface area contributed by atoms with E-state index in [2.05, 4.69) is 16.1 Å². The molecule has 0 saturated carbocycles. The molecule has 3 heterocycles.